The van der Waals surface area contributed by atoms with Gasteiger partial charge in [-0.2, -0.15) is 5.10 Å². The fourth-order valence-electron chi connectivity index (χ4n) is 2.15. The van der Waals surface area contributed by atoms with Crippen LogP contribution in [-0.4, -0.2) is 45.5 Å². The van der Waals surface area contributed by atoms with Crippen LogP contribution in [0, 0.1) is 5.41 Å². The number of carbonyl (C=O) groups excluding carboxylic acids is 1. The van der Waals surface area contributed by atoms with Crippen molar-refractivity contribution in [2.75, 3.05) is 19.0 Å². The second-order valence-electron chi connectivity index (χ2n) is 6.05. The third-order valence-electron chi connectivity index (χ3n) is 3.35. The molecule has 0 spiro atoms. The highest BCUT2D eigenvalue weighted by Gasteiger charge is 2.30. The summed E-state index contributed by atoms with van der Waals surface area (Å²) in [6.07, 6.45) is 2.61. The van der Waals surface area contributed by atoms with E-state index in [0.29, 0.717) is 5.82 Å². The lowest BCUT2D eigenvalue weighted by atomic mass is 9.86. The normalized spacial score (nSPS) is 13.1. The Morgan fingerprint density at radius 2 is 2.20 bits per heavy atom. The first-order valence-corrected chi connectivity index (χ1v) is 6.97. The lowest BCUT2D eigenvalue weighted by molar-refractivity contribution is 0.0885. The highest BCUT2D eigenvalue weighted by atomic mass is 16.3. The molecule has 0 aliphatic heterocycles. The van der Waals surface area contributed by atoms with Crippen LogP contribution in [0.2, 0.25) is 0 Å². The molecule has 0 saturated heterocycles. The van der Waals surface area contributed by atoms with Crippen LogP contribution in [0.5, 0.6) is 0 Å². The van der Waals surface area contributed by atoms with Crippen molar-refractivity contribution in [2.45, 2.75) is 46.7 Å². The summed E-state index contributed by atoms with van der Waals surface area (Å²) in [5.74, 6) is 0.675. The van der Waals surface area contributed by atoms with Crippen LogP contribution in [0.4, 0.5) is 10.6 Å². The Morgan fingerprint density at radius 3 is 2.70 bits per heavy atom. The van der Waals surface area contributed by atoms with E-state index in [1.807, 2.05) is 20.8 Å². The summed E-state index contributed by atoms with van der Waals surface area (Å²) in [6, 6.07) is 1.29. The van der Waals surface area contributed by atoms with Crippen molar-refractivity contribution in [2.24, 2.45) is 5.41 Å². The molecule has 1 atom stereocenters. The maximum Gasteiger partial charge on any atom is 0.323 e. The van der Waals surface area contributed by atoms with Gasteiger partial charge in [-0.05, 0) is 11.8 Å². The minimum absolute atomic E-state index is 0.0678. The minimum Gasteiger partial charge on any atom is -0.394 e. The van der Waals surface area contributed by atoms with Crippen molar-refractivity contribution in [1.29, 1.82) is 0 Å². The van der Waals surface area contributed by atoms with E-state index >= 15 is 0 Å². The fourth-order valence-corrected chi connectivity index (χ4v) is 2.15. The molecule has 1 unspecified atom stereocenters. The number of likely N-dealkylation sites (N-methyl/N-ethyl adjacent to an activating group) is 1. The lowest BCUT2D eigenvalue weighted by Gasteiger charge is -2.36. The molecule has 1 aromatic rings. The molecule has 114 valence electrons. The molecular formula is C14H26N4O2. The Kier molecular flexibility index (Phi) is 5.56. The summed E-state index contributed by atoms with van der Waals surface area (Å²) in [7, 11) is 1.70. The van der Waals surface area contributed by atoms with Gasteiger partial charge in [-0.1, -0.05) is 27.7 Å². The summed E-state index contributed by atoms with van der Waals surface area (Å²) in [5, 5.41) is 16.5. The molecule has 6 nitrogen and oxygen atoms in total. The number of nitrogens with zero attached hydrogens (tertiary/aromatic N) is 3. The Balaban J connectivity index is 2.77. The van der Waals surface area contributed by atoms with Crippen molar-refractivity contribution in [1.82, 2.24) is 14.7 Å². The van der Waals surface area contributed by atoms with Gasteiger partial charge in [-0.3, -0.25) is 5.32 Å². The van der Waals surface area contributed by atoms with Crippen LogP contribution in [0.1, 0.15) is 34.1 Å². The molecule has 0 aromatic carbocycles. The standard InChI is InChI=1S/C14H26N4O2/c1-6-9-18-12(7-8-15-18)16-13(20)17(5)11(10-19)14(2,3)4/h7-8,11,19H,6,9-10H2,1-5H3,(H,16,20). The molecule has 20 heavy (non-hydrogen) atoms. The van der Waals surface area contributed by atoms with Gasteiger partial charge in [0.25, 0.3) is 0 Å². The predicted molar refractivity (Wildman–Crippen MR) is 79.6 cm³/mol. The molecule has 0 saturated carbocycles. The van der Waals surface area contributed by atoms with Gasteiger partial charge in [0.2, 0.25) is 0 Å². The van der Waals surface area contributed by atoms with E-state index in [1.165, 1.54) is 0 Å². The summed E-state index contributed by atoms with van der Waals surface area (Å²) in [4.78, 5) is 13.8. The highest BCUT2D eigenvalue weighted by molar-refractivity contribution is 5.88. The third-order valence-corrected chi connectivity index (χ3v) is 3.35. The van der Waals surface area contributed by atoms with Crippen LogP contribution >= 0.6 is 0 Å². The molecule has 0 aliphatic rings. The van der Waals surface area contributed by atoms with Crippen LogP contribution in [0.3, 0.4) is 0 Å². The van der Waals surface area contributed by atoms with Crippen LogP contribution < -0.4 is 5.32 Å². The number of nitrogens with one attached hydrogen (secondary N) is 1. The molecule has 6 heteroatoms. The smallest absolute Gasteiger partial charge is 0.323 e. The molecule has 1 rings (SSSR count). The Morgan fingerprint density at radius 1 is 1.55 bits per heavy atom. The monoisotopic (exact) mass is 282 g/mol. The number of amides is 2. The van der Waals surface area contributed by atoms with E-state index in [1.54, 1.807) is 28.9 Å². The van der Waals surface area contributed by atoms with E-state index in [0.717, 1.165) is 13.0 Å². The van der Waals surface area contributed by atoms with Gasteiger partial charge in [-0.25, -0.2) is 9.48 Å². The molecule has 0 bridgehead atoms. The van der Waals surface area contributed by atoms with Crippen LogP contribution in [0.25, 0.3) is 0 Å². The van der Waals surface area contributed by atoms with Crippen molar-refractivity contribution < 1.29 is 9.90 Å². The Labute approximate surface area is 120 Å². The van der Waals surface area contributed by atoms with E-state index in [9.17, 15) is 9.90 Å². The van der Waals surface area contributed by atoms with Gasteiger partial charge in [0.05, 0.1) is 18.8 Å². The number of aryl methyl sites for hydroxylation is 1. The maximum absolute atomic E-state index is 12.3. The molecule has 0 aliphatic carbocycles. The number of aliphatic hydroxyl groups excluding tert-OH is 1. The van der Waals surface area contributed by atoms with Crippen molar-refractivity contribution >= 4 is 11.8 Å². The first kappa shape index (κ1) is 16.5. The number of urea groups is 1. The molecule has 1 aromatic heterocycles. The van der Waals surface area contributed by atoms with E-state index in [2.05, 4.69) is 17.3 Å². The van der Waals surface area contributed by atoms with Crippen LogP contribution in [-0.2, 0) is 6.54 Å². The van der Waals surface area contributed by atoms with Crippen molar-refractivity contribution in [3.05, 3.63) is 12.3 Å². The van der Waals surface area contributed by atoms with Crippen molar-refractivity contribution in [3.8, 4) is 0 Å². The molecule has 2 amide bonds. The van der Waals surface area contributed by atoms with Gasteiger partial charge in [0.1, 0.15) is 5.82 Å². The zero-order valence-electron chi connectivity index (χ0n) is 13.1. The number of rotatable bonds is 5. The second kappa shape index (κ2) is 6.74. The number of aromatic nitrogens is 2. The predicted octanol–water partition coefficient (Wildman–Crippen LogP) is 2.16. The maximum atomic E-state index is 12.3. The quantitative estimate of drug-likeness (QED) is 0.869. The number of aliphatic hydroxyl groups is 1. The number of hydrogen-bond acceptors (Lipinski definition) is 3. The molecule has 1 heterocycles. The number of carbonyl (C=O) groups is 1. The largest absolute Gasteiger partial charge is 0.394 e. The minimum atomic E-state index is -0.245. The first-order valence-electron chi connectivity index (χ1n) is 6.97. The zero-order valence-corrected chi connectivity index (χ0v) is 13.1. The SMILES string of the molecule is CCCn1nccc1NC(=O)N(C)C(CO)C(C)(C)C. The second-order valence-corrected chi connectivity index (χ2v) is 6.05. The van der Waals surface area contributed by atoms with Gasteiger partial charge >= 0.3 is 6.03 Å². The summed E-state index contributed by atoms with van der Waals surface area (Å²) in [6.45, 7) is 8.74. The van der Waals surface area contributed by atoms with Gasteiger partial charge in [-0.15, -0.1) is 0 Å². The van der Waals surface area contributed by atoms with Gasteiger partial charge in [0, 0.05) is 19.7 Å². The topological polar surface area (TPSA) is 70.4 Å². The number of anilines is 1. The molecule has 0 fully saturated rings. The van der Waals surface area contributed by atoms with Crippen molar-refractivity contribution in [3.63, 3.8) is 0 Å². The molecule has 0 radical (unpaired) electrons. The number of hydrogen-bond donors (Lipinski definition) is 2. The Hall–Kier alpha value is -1.56. The average Bonchev–Trinajstić information content (AvgIpc) is 2.76. The average molecular weight is 282 g/mol. The van der Waals surface area contributed by atoms with Gasteiger partial charge in [0.15, 0.2) is 0 Å². The first-order chi connectivity index (χ1) is 9.31. The fraction of sp³-hybridized carbons (Fsp3) is 0.714. The molecule has 2 N–H and O–H groups in total. The summed E-state index contributed by atoms with van der Waals surface area (Å²) >= 11 is 0. The van der Waals surface area contributed by atoms with E-state index in [4.69, 9.17) is 0 Å². The zero-order chi connectivity index (χ0) is 15.3. The van der Waals surface area contributed by atoms with Crippen LogP contribution in [0.15, 0.2) is 12.3 Å². The third kappa shape index (κ3) is 3.96. The Bertz CT molecular complexity index is 437. The molecular weight excluding hydrogens is 256 g/mol. The van der Waals surface area contributed by atoms with E-state index in [-0.39, 0.29) is 24.1 Å². The summed E-state index contributed by atoms with van der Waals surface area (Å²) < 4.78 is 1.76. The van der Waals surface area contributed by atoms with E-state index < -0.39 is 0 Å². The van der Waals surface area contributed by atoms with Gasteiger partial charge < -0.3 is 10.0 Å². The lowest BCUT2D eigenvalue weighted by Crippen LogP contribution is -2.49. The highest BCUT2D eigenvalue weighted by Crippen LogP contribution is 2.23. The summed E-state index contributed by atoms with van der Waals surface area (Å²) in [5.41, 5.74) is -0.190.